The molecule has 2 aromatic rings. The van der Waals surface area contributed by atoms with Crippen molar-refractivity contribution >= 4 is 17.6 Å². The number of anilines is 1. The van der Waals surface area contributed by atoms with Crippen LogP contribution in [0.4, 0.5) is 5.69 Å². The Morgan fingerprint density at radius 1 is 1.09 bits per heavy atom. The maximum Gasteiger partial charge on any atom is 0.340 e. The van der Waals surface area contributed by atoms with Crippen molar-refractivity contribution in [1.82, 2.24) is 0 Å². The number of aryl methyl sites for hydroxylation is 1. The number of rotatable bonds is 5. The first-order valence-corrected chi connectivity index (χ1v) is 7.21. The van der Waals surface area contributed by atoms with Gasteiger partial charge in [-0.3, -0.25) is 4.79 Å². The highest BCUT2D eigenvalue weighted by atomic mass is 16.5. The van der Waals surface area contributed by atoms with Crippen LogP contribution in [0.3, 0.4) is 0 Å². The molecular formula is C18H19NO3. The first-order valence-electron chi connectivity index (χ1n) is 7.21. The molecule has 0 bridgehead atoms. The molecule has 0 spiro atoms. The van der Waals surface area contributed by atoms with E-state index in [0.29, 0.717) is 17.9 Å². The van der Waals surface area contributed by atoms with Crippen LogP contribution in [-0.2, 0) is 16.0 Å². The summed E-state index contributed by atoms with van der Waals surface area (Å²) in [6, 6.07) is 14.6. The number of esters is 1. The number of nitrogens with one attached hydrogen (secondary N) is 1. The van der Waals surface area contributed by atoms with E-state index in [1.807, 2.05) is 31.2 Å². The highest BCUT2D eigenvalue weighted by Crippen LogP contribution is 2.17. The van der Waals surface area contributed by atoms with Crippen molar-refractivity contribution in [3.8, 4) is 0 Å². The zero-order valence-electron chi connectivity index (χ0n) is 12.8. The van der Waals surface area contributed by atoms with E-state index in [4.69, 9.17) is 4.74 Å². The van der Waals surface area contributed by atoms with Gasteiger partial charge in [0.1, 0.15) is 0 Å². The fraction of sp³-hybridized carbons (Fsp3) is 0.222. The Morgan fingerprint density at radius 3 is 2.59 bits per heavy atom. The molecule has 4 nitrogen and oxygen atoms in total. The number of hydrogen-bond donors (Lipinski definition) is 1. The normalized spacial score (nSPS) is 10.1. The number of ether oxygens (including phenoxy) is 1. The lowest BCUT2D eigenvalue weighted by Crippen LogP contribution is -2.17. The fourth-order valence-corrected chi connectivity index (χ4v) is 2.18. The van der Waals surface area contributed by atoms with Gasteiger partial charge in [0.15, 0.2) is 0 Å². The zero-order valence-corrected chi connectivity index (χ0v) is 12.8. The van der Waals surface area contributed by atoms with Crippen molar-refractivity contribution in [2.24, 2.45) is 0 Å². The second-order valence-corrected chi connectivity index (χ2v) is 4.98. The molecule has 0 heterocycles. The van der Waals surface area contributed by atoms with Crippen LogP contribution in [0.2, 0.25) is 0 Å². The monoisotopic (exact) mass is 297 g/mol. The molecule has 0 aliphatic carbocycles. The Labute approximate surface area is 130 Å². The average Bonchev–Trinajstić information content (AvgIpc) is 2.48. The summed E-state index contributed by atoms with van der Waals surface area (Å²) in [5, 5.41) is 2.78. The van der Waals surface area contributed by atoms with E-state index in [1.165, 1.54) is 0 Å². The van der Waals surface area contributed by atoms with E-state index >= 15 is 0 Å². The molecule has 1 amide bonds. The van der Waals surface area contributed by atoms with E-state index in [9.17, 15) is 9.59 Å². The van der Waals surface area contributed by atoms with Gasteiger partial charge in [0.2, 0.25) is 5.91 Å². The van der Waals surface area contributed by atoms with Crippen LogP contribution in [0.1, 0.15) is 28.4 Å². The van der Waals surface area contributed by atoms with Gasteiger partial charge in [-0.15, -0.1) is 0 Å². The standard InChI is InChI=1S/C18H19NO3/c1-3-22-18(21)15-9-4-5-10-16(15)19-17(20)12-14-8-6-7-13(2)11-14/h4-11H,3,12H2,1-2H3,(H,19,20). The Hall–Kier alpha value is -2.62. The van der Waals surface area contributed by atoms with Crippen LogP contribution >= 0.6 is 0 Å². The smallest absolute Gasteiger partial charge is 0.340 e. The third-order valence-corrected chi connectivity index (χ3v) is 3.14. The molecule has 0 saturated heterocycles. The summed E-state index contributed by atoms with van der Waals surface area (Å²) in [6.07, 6.45) is 0.263. The largest absolute Gasteiger partial charge is 0.462 e. The summed E-state index contributed by atoms with van der Waals surface area (Å²) >= 11 is 0. The summed E-state index contributed by atoms with van der Waals surface area (Å²) < 4.78 is 4.99. The van der Waals surface area contributed by atoms with Gasteiger partial charge in [0.25, 0.3) is 0 Å². The van der Waals surface area contributed by atoms with Crippen molar-refractivity contribution in [3.63, 3.8) is 0 Å². The van der Waals surface area contributed by atoms with Gasteiger partial charge in [-0.2, -0.15) is 0 Å². The molecule has 0 saturated carbocycles. The minimum absolute atomic E-state index is 0.164. The quantitative estimate of drug-likeness (QED) is 0.861. The molecule has 2 aromatic carbocycles. The first-order chi connectivity index (χ1) is 10.6. The second-order valence-electron chi connectivity index (χ2n) is 4.98. The van der Waals surface area contributed by atoms with Gasteiger partial charge in [0.05, 0.1) is 24.3 Å². The predicted molar refractivity (Wildman–Crippen MR) is 85.9 cm³/mol. The van der Waals surface area contributed by atoms with Gasteiger partial charge >= 0.3 is 5.97 Å². The Kier molecular flexibility index (Phi) is 5.31. The van der Waals surface area contributed by atoms with Crippen molar-refractivity contribution in [2.75, 3.05) is 11.9 Å². The summed E-state index contributed by atoms with van der Waals surface area (Å²) in [4.78, 5) is 24.0. The van der Waals surface area contributed by atoms with Crippen molar-refractivity contribution in [1.29, 1.82) is 0 Å². The molecule has 0 aliphatic heterocycles. The van der Waals surface area contributed by atoms with Crippen molar-refractivity contribution in [2.45, 2.75) is 20.3 Å². The minimum Gasteiger partial charge on any atom is -0.462 e. The summed E-state index contributed by atoms with van der Waals surface area (Å²) in [7, 11) is 0. The van der Waals surface area contributed by atoms with Crippen molar-refractivity contribution < 1.29 is 14.3 Å². The number of para-hydroxylation sites is 1. The lowest BCUT2D eigenvalue weighted by Gasteiger charge is -2.10. The molecule has 114 valence electrons. The van der Waals surface area contributed by atoms with E-state index in [-0.39, 0.29) is 12.3 Å². The highest BCUT2D eigenvalue weighted by molar-refractivity contribution is 6.01. The topological polar surface area (TPSA) is 55.4 Å². The number of benzene rings is 2. The molecule has 0 aromatic heterocycles. The van der Waals surface area contributed by atoms with E-state index in [1.54, 1.807) is 31.2 Å². The molecule has 0 radical (unpaired) electrons. The molecule has 1 N–H and O–H groups in total. The maximum atomic E-state index is 12.2. The molecule has 22 heavy (non-hydrogen) atoms. The van der Waals surface area contributed by atoms with Gasteiger partial charge in [-0.05, 0) is 31.5 Å². The Morgan fingerprint density at radius 2 is 1.86 bits per heavy atom. The predicted octanol–water partition coefficient (Wildman–Crippen LogP) is 3.35. The fourth-order valence-electron chi connectivity index (χ4n) is 2.18. The van der Waals surface area contributed by atoms with E-state index < -0.39 is 5.97 Å². The van der Waals surface area contributed by atoms with Crippen LogP contribution < -0.4 is 5.32 Å². The number of carbonyl (C=O) groups excluding carboxylic acids is 2. The SMILES string of the molecule is CCOC(=O)c1ccccc1NC(=O)Cc1cccc(C)c1. The minimum atomic E-state index is -0.436. The van der Waals surface area contributed by atoms with Crippen LogP contribution in [0.15, 0.2) is 48.5 Å². The third kappa shape index (κ3) is 4.19. The first kappa shape index (κ1) is 15.8. The van der Waals surface area contributed by atoms with Gasteiger partial charge in [-0.25, -0.2) is 4.79 Å². The summed E-state index contributed by atoms with van der Waals surface area (Å²) in [6.45, 7) is 4.03. The number of amides is 1. The van der Waals surface area contributed by atoms with E-state index in [2.05, 4.69) is 5.32 Å². The maximum absolute atomic E-state index is 12.2. The number of carbonyl (C=O) groups is 2. The van der Waals surface area contributed by atoms with Gasteiger partial charge < -0.3 is 10.1 Å². The molecule has 0 fully saturated rings. The third-order valence-electron chi connectivity index (χ3n) is 3.14. The highest BCUT2D eigenvalue weighted by Gasteiger charge is 2.14. The second kappa shape index (κ2) is 7.41. The lowest BCUT2D eigenvalue weighted by molar-refractivity contribution is -0.115. The van der Waals surface area contributed by atoms with Crippen LogP contribution in [0.5, 0.6) is 0 Å². The molecule has 0 atom stereocenters. The Bertz CT molecular complexity index is 680. The van der Waals surface area contributed by atoms with E-state index in [0.717, 1.165) is 11.1 Å². The zero-order chi connectivity index (χ0) is 15.9. The van der Waals surface area contributed by atoms with Crippen LogP contribution in [-0.4, -0.2) is 18.5 Å². The lowest BCUT2D eigenvalue weighted by atomic mass is 10.1. The van der Waals surface area contributed by atoms with Crippen molar-refractivity contribution in [3.05, 3.63) is 65.2 Å². The van der Waals surface area contributed by atoms with Gasteiger partial charge in [-0.1, -0.05) is 42.0 Å². The van der Waals surface area contributed by atoms with Crippen LogP contribution in [0, 0.1) is 6.92 Å². The Balaban J connectivity index is 2.10. The molecular weight excluding hydrogens is 278 g/mol. The summed E-state index contributed by atoms with van der Waals surface area (Å²) in [5.41, 5.74) is 2.88. The molecule has 0 unspecified atom stereocenters. The molecule has 2 rings (SSSR count). The van der Waals surface area contributed by atoms with Crippen LogP contribution in [0.25, 0.3) is 0 Å². The molecule has 4 heteroatoms. The summed E-state index contributed by atoms with van der Waals surface area (Å²) in [5.74, 6) is -0.601. The number of hydrogen-bond acceptors (Lipinski definition) is 3. The molecule has 0 aliphatic rings. The van der Waals surface area contributed by atoms with Gasteiger partial charge in [0, 0.05) is 0 Å². The average molecular weight is 297 g/mol.